The zero-order valence-electron chi connectivity index (χ0n) is 17.5. The minimum Gasteiger partial charge on any atom is -0.352 e. The van der Waals surface area contributed by atoms with E-state index >= 15 is 0 Å². The summed E-state index contributed by atoms with van der Waals surface area (Å²) in [6, 6.07) is 11.6. The highest BCUT2D eigenvalue weighted by molar-refractivity contribution is 5.94. The van der Waals surface area contributed by atoms with Crippen LogP contribution in [0.3, 0.4) is 0 Å². The van der Waals surface area contributed by atoms with E-state index in [1.165, 1.54) is 11.1 Å². The molecule has 0 saturated carbocycles. The van der Waals surface area contributed by atoms with Crippen LogP contribution in [0.15, 0.2) is 36.4 Å². The zero-order chi connectivity index (χ0) is 20.5. The summed E-state index contributed by atoms with van der Waals surface area (Å²) in [7, 11) is 0. The number of hydrogen-bond donors (Lipinski definition) is 2. The molecule has 0 bridgehead atoms. The van der Waals surface area contributed by atoms with Gasteiger partial charge in [-0.15, -0.1) is 0 Å². The highest BCUT2D eigenvalue weighted by Crippen LogP contribution is 2.11. The molecule has 2 rings (SSSR count). The third kappa shape index (κ3) is 6.52. The third-order valence-corrected chi connectivity index (χ3v) is 5.21. The largest absolute Gasteiger partial charge is 0.352 e. The van der Waals surface area contributed by atoms with Crippen LogP contribution in [0.1, 0.15) is 68.7 Å². The van der Waals surface area contributed by atoms with E-state index in [1.54, 1.807) is 0 Å². The molecule has 2 N–H and O–H groups in total. The standard InChI is InChI=1S/C24H32N2O2/c1-17-9-11-21(15-19(17)3)23(27)25-13-7-5-6-8-14-26-24(28)22-12-10-18(2)20(4)16-22/h9-12,15-16H,5-8,13-14H2,1-4H3,(H,25,27)(H,26,28). The van der Waals surface area contributed by atoms with Crippen molar-refractivity contribution in [2.45, 2.75) is 53.4 Å². The van der Waals surface area contributed by atoms with Gasteiger partial charge in [0.15, 0.2) is 0 Å². The van der Waals surface area contributed by atoms with Gasteiger partial charge in [0, 0.05) is 24.2 Å². The van der Waals surface area contributed by atoms with E-state index in [0.717, 1.165) is 47.9 Å². The van der Waals surface area contributed by atoms with E-state index in [9.17, 15) is 9.59 Å². The van der Waals surface area contributed by atoms with Crippen molar-refractivity contribution >= 4 is 11.8 Å². The van der Waals surface area contributed by atoms with Crippen molar-refractivity contribution in [2.75, 3.05) is 13.1 Å². The molecule has 0 unspecified atom stereocenters. The Balaban J connectivity index is 1.56. The molecule has 2 aromatic rings. The molecular formula is C24H32N2O2. The number of rotatable bonds is 9. The Morgan fingerprint density at radius 3 is 1.36 bits per heavy atom. The van der Waals surface area contributed by atoms with Crippen molar-refractivity contribution < 1.29 is 9.59 Å². The predicted octanol–water partition coefficient (Wildman–Crippen LogP) is 4.64. The maximum atomic E-state index is 12.1. The van der Waals surface area contributed by atoms with Crippen LogP contribution in [-0.2, 0) is 0 Å². The Bertz CT molecular complexity index is 758. The molecule has 0 atom stereocenters. The van der Waals surface area contributed by atoms with Crippen LogP contribution < -0.4 is 10.6 Å². The van der Waals surface area contributed by atoms with Gasteiger partial charge in [0.05, 0.1) is 0 Å². The molecule has 0 aliphatic rings. The molecule has 2 amide bonds. The number of nitrogens with one attached hydrogen (secondary N) is 2. The Labute approximate surface area is 168 Å². The molecule has 28 heavy (non-hydrogen) atoms. The summed E-state index contributed by atoms with van der Waals surface area (Å²) < 4.78 is 0. The molecule has 0 spiro atoms. The van der Waals surface area contributed by atoms with Gasteiger partial charge in [-0.3, -0.25) is 9.59 Å². The molecule has 150 valence electrons. The SMILES string of the molecule is Cc1ccc(C(=O)NCCCCCCNC(=O)c2ccc(C)c(C)c2)cc1C. The number of aryl methyl sites for hydroxylation is 4. The normalized spacial score (nSPS) is 10.6. The van der Waals surface area contributed by atoms with Gasteiger partial charge in [0.2, 0.25) is 0 Å². The molecule has 0 aliphatic carbocycles. The van der Waals surface area contributed by atoms with Gasteiger partial charge in [0.25, 0.3) is 11.8 Å². The fraction of sp³-hybridized carbons (Fsp3) is 0.417. The van der Waals surface area contributed by atoms with Crippen molar-refractivity contribution in [2.24, 2.45) is 0 Å². The summed E-state index contributed by atoms with van der Waals surface area (Å²) in [6.45, 7) is 9.49. The molecule has 0 radical (unpaired) electrons. The second kappa shape index (κ2) is 10.6. The van der Waals surface area contributed by atoms with Crippen molar-refractivity contribution in [3.63, 3.8) is 0 Å². The number of hydrogen-bond acceptors (Lipinski definition) is 2. The Morgan fingerprint density at radius 1 is 0.607 bits per heavy atom. The van der Waals surface area contributed by atoms with E-state index in [1.807, 2.05) is 64.1 Å². The van der Waals surface area contributed by atoms with Crippen LogP contribution in [0.5, 0.6) is 0 Å². The highest BCUT2D eigenvalue weighted by atomic mass is 16.2. The fourth-order valence-electron chi connectivity index (χ4n) is 2.98. The van der Waals surface area contributed by atoms with Crippen LogP contribution in [0.25, 0.3) is 0 Å². The number of unbranched alkanes of at least 4 members (excludes halogenated alkanes) is 3. The summed E-state index contributed by atoms with van der Waals surface area (Å²) in [6.07, 6.45) is 3.96. The number of benzene rings is 2. The van der Waals surface area contributed by atoms with Gasteiger partial charge in [-0.1, -0.05) is 25.0 Å². The number of carbonyl (C=O) groups excluding carboxylic acids is 2. The second-order valence-corrected chi connectivity index (χ2v) is 7.52. The molecule has 0 aromatic heterocycles. The first-order valence-corrected chi connectivity index (χ1v) is 10.1. The molecule has 0 saturated heterocycles. The van der Waals surface area contributed by atoms with Gasteiger partial charge >= 0.3 is 0 Å². The van der Waals surface area contributed by atoms with Crippen molar-refractivity contribution in [1.29, 1.82) is 0 Å². The molecule has 4 heteroatoms. The van der Waals surface area contributed by atoms with Crippen molar-refractivity contribution in [3.8, 4) is 0 Å². The van der Waals surface area contributed by atoms with E-state index < -0.39 is 0 Å². The summed E-state index contributed by atoms with van der Waals surface area (Å²) >= 11 is 0. The average molecular weight is 381 g/mol. The maximum Gasteiger partial charge on any atom is 0.251 e. The second-order valence-electron chi connectivity index (χ2n) is 7.52. The first-order chi connectivity index (χ1) is 13.4. The molecule has 2 aromatic carbocycles. The molecule has 0 fully saturated rings. The topological polar surface area (TPSA) is 58.2 Å². The Hall–Kier alpha value is -2.62. The average Bonchev–Trinajstić information content (AvgIpc) is 2.67. The van der Waals surface area contributed by atoms with Gasteiger partial charge in [-0.05, 0) is 87.1 Å². The molecule has 0 aliphatic heterocycles. The van der Waals surface area contributed by atoms with Crippen LogP contribution in [0.2, 0.25) is 0 Å². The molecule has 4 nitrogen and oxygen atoms in total. The van der Waals surface area contributed by atoms with Gasteiger partial charge < -0.3 is 10.6 Å². The summed E-state index contributed by atoms with van der Waals surface area (Å²) in [5.74, 6) is -0.0208. The maximum absolute atomic E-state index is 12.1. The minimum absolute atomic E-state index is 0.0104. The predicted molar refractivity (Wildman–Crippen MR) is 115 cm³/mol. The lowest BCUT2D eigenvalue weighted by Gasteiger charge is -2.08. The van der Waals surface area contributed by atoms with Gasteiger partial charge in [-0.2, -0.15) is 0 Å². The van der Waals surface area contributed by atoms with E-state index in [2.05, 4.69) is 10.6 Å². The molecule has 0 heterocycles. The lowest BCUT2D eigenvalue weighted by atomic mass is 10.1. The monoisotopic (exact) mass is 380 g/mol. The van der Waals surface area contributed by atoms with Crippen LogP contribution in [-0.4, -0.2) is 24.9 Å². The van der Waals surface area contributed by atoms with Crippen LogP contribution >= 0.6 is 0 Å². The van der Waals surface area contributed by atoms with Crippen LogP contribution in [0.4, 0.5) is 0 Å². The Kier molecular flexibility index (Phi) is 8.24. The fourth-order valence-corrected chi connectivity index (χ4v) is 2.98. The molecular weight excluding hydrogens is 348 g/mol. The first-order valence-electron chi connectivity index (χ1n) is 10.1. The first kappa shape index (κ1) is 21.7. The minimum atomic E-state index is -0.0104. The van der Waals surface area contributed by atoms with E-state index in [-0.39, 0.29) is 11.8 Å². The smallest absolute Gasteiger partial charge is 0.251 e. The number of carbonyl (C=O) groups is 2. The highest BCUT2D eigenvalue weighted by Gasteiger charge is 2.07. The number of amides is 2. The summed E-state index contributed by atoms with van der Waals surface area (Å²) in [5, 5.41) is 5.95. The van der Waals surface area contributed by atoms with E-state index in [4.69, 9.17) is 0 Å². The van der Waals surface area contributed by atoms with E-state index in [0.29, 0.717) is 13.1 Å². The third-order valence-electron chi connectivity index (χ3n) is 5.21. The Morgan fingerprint density at radius 2 is 1.00 bits per heavy atom. The van der Waals surface area contributed by atoms with Crippen molar-refractivity contribution in [3.05, 3.63) is 69.8 Å². The lowest BCUT2D eigenvalue weighted by molar-refractivity contribution is 0.0943. The zero-order valence-corrected chi connectivity index (χ0v) is 17.5. The summed E-state index contributed by atoms with van der Waals surface area (Å²) in [5.41, 5.74) is 6.10. The lowest BCUT2D eigenvalue weighted by Crippen LogP contribution is -2.25. The van der Waals surface area contributed by atoms with Gasteiger partial charge in [0.1, 0.15) is 0 Å². The van der Waals surface area contributed by atoms with Gasteiger partial charge in [-0.25, -0.2) is 0 Å². The van der Waals surface area contributed by atoms with Crippen LogP contribution in [0, 0.1) is 27.7 Å². The quantitative estimate of drug-likeness (QED) is 0.623. The summed E-state index contributed by atoms with van der Waals surface area (Å²) in [4.78, 5) is 24.3. The van der Waals surface area contributed by atoms with Crippen molar-refractivity contribution in [1.82, 2.24) is 10.6 Å².